The minimum Gasteiger partial charge on any atom is -0.464 e. The van der Waals surface area contributed by atoms with Crippen LogP contribution in [0.2, 0.25) is 0 Å². The molecule has 26 heavy (non-hydrogen) atoms. The molecule has 0 spiro atoms. The lowest BCUT2D eigenvalue weighted by Gasteiger charge is -2.09. The van der Waals surface area contributed by atoms with E-state index in [0.717, 1.165) is 27.7 Å². The molecule has 0 fully saturated rings. The maximum Gasteiger partial charge on any atom is 0.193 e. The Hall–Kier alpha value is -3.66. The number of benzene rings is 2. The quantitative estimate of drug-likeness (QED) is 0.411. The summed E-state index contributed by atoms with van der Waals surface area (Å²) in [6, 6.07) is 18.6. The van der Waals surface area contributed by atoms with Crippen LogP contribution in [0.15, 0.2) is 92.9 Å². The van der Waals surface area contributed by atoms with Crippen molar-refractivity contribution in [2.45, 2.75) is 0 Å². The first-order valence-electron chi connectivity index (χ1n) is 8.25. The van der Waals surface area contributed by atoms with Crippen LogP contribution in [0.4, 0.5) is 0 Å². The predicted molar refractivity (Wildman–Crippen MR) is 101 cm³/mol. The summed E-state index contributed by atoms with van der Waals surface area (Å²) >= 11 is 0. The molecule has 0 aliphatic heterocycles. The van der Waals surface area contributed by atoms with Gasteiger partial charge in [-0.05, 0) is 35.7 Å². The van der Waals surface area contributed by atoms with Crippen LogP contribution in [-0.2, 0) is 0 Å². The lowest BCUT2D eigenvalue weighted by atomic mass is 9.99. The molecule has 0 atom stereocenters. The molecule has 2 aromatic carbocycles. The van der Waals surface area contributed by atoms with Gasteiger partial charge in [0.05, 0.1) is 11.6 Å². The Kier molecular flexibility index (Phi) is 3.22. The molecule has 0 bridgehead atoms. The van der Waals surface area contributed by atoms with Crippen LogP contribution in [0.1, 0.15) is 0 Å². The average Bonchev–Trinajstić information content (AvgIpc) is 3.23. The lowest BCUT2D eigenvalue weighted by molar-refractivity contribution is 0.583. The maximum absolute atomic E-state index is 12.8. The zero-order valence-electron chi connectivity index (χ0n) is 13.7. The number of hydrogen-bond acceptors (Lipinski definition) is 4. The van der Waals surface area contributed by atoms with E-state index in [1.54, 1.807) is 18.7 Å². The molecule has 5 aromatic rings. The highest BCUT2D eigenvalue weighted by molar-refractivity contribution is 6.10. The van der Waals surface area contributed by atoms with Gasteiger partial charge in [0.25, 0.3) is 0 Å². The Morgan fingerprint density at radius 2 is 1.58 bits per heavy atom. The van der Waals surface area contributed by atoms with Gasteiger partial charge < -0.3 is 8.83 Å². The second-order valence-corrected chi connectivity index (χ2v) is 6.03. The molecular weight excluding hydrogens is 326 g/mol. The molecule has 0 radical (unpaired) electrons. The largest absolute Gasteiger partial charge is 0.464 e. The molecule has 0 aliphatic rings. The predicted octanol–water partition coefficient (Wildman–Crippen LogP) is 5.27. The van der Waals surface area contributed by atoms with Gasteiger partial charge in [-0.2, -0.15) is 0 Å². The van der Waals surface area contributed by atoms with Crippen LogP contribution in [-0.4, -0.2) is 4.98 Å². The van der Waals surface area contributed by atoms with E-state index >= 15 is 0 Å². The first-order valence-corrected chi connectivity index (χ1v) is 8.25. The minimum absolute atomic E-state index is 0.0865. The first-order chi connectivity index (χ1) is 12.8. The summed E-state index contributed by atoms with van der Waals surface area (Å²) in [5, 5.41) is 2.39. The Morgan fingerprint density at radius 1 is 0.769 bits per heavy atom. The third-order valence-corrected chi connectivity index (χ3v) is 4.49. The molecule has 0 saturated heterocycles. The molecule has 0 unspecified atom stereocenters. The van der Waals surface area contributed by atoms with Gasteiger partial charge in [-0.3, -0.25) is 9.78 Å². The molecule has 5 rings (SSSR count). The van der Waals surface area contributed by atoms with Crippen LogP contribution in [0.25, 0.3) is 44.4 Å². The summed E-state index contributed by atoms with van der Waals surface area (Å²) in [6.45, 7) is 0. The van der Waals surface area contributed by atoms with Crippen molar-refractivity contribution in [3.63, 3.8) is 0 Å². The van der Waals surface area contributed by atoms with Gasteiger partial charge in [0.1, 0.15) is 17.1 Å². The Labute approximate surface area is 148 Å². The van der Waals surface area contributed by atoms with Crippen LogP contribution in [0.5, 0.6) is 0 Å². The number of nitrogens with zero attached hydrogens (tertiary/aromatic N) is 1. The van der Waals surface area contributed by atoms with Gasteiger partial charge in [0.2, 0.25) is 0 Å². The normalized spacial score (nSPS) is 11.2. The Bertz CT molecular complexity index is 1290. The summed E-state index contributed by atoms with van der Waals surface area (Å²) in [7, 11) is 0. The van der Waals surface area contributed by atoms with E-state index in [1.165, 1.54) is 6.07 Å². The van der Waals surface area contributed by atoms with Crippen molar-refractivity contribution < 1.29 is 8.83 Å². The second-order valence-electron chi connectivity index (χ2n) is 6.03. The zero-order chi connectivity index (χ0) is 17.5. The summed E-state index contributed by atoms with van der Waals surface area (Å²) in [6.07, 6.45) is 4.98. The zero-order valence-corrected chi connectivity index (χ0v) is 13.7. The molecular formula is C22H13NO3. The van der Waals surface area contributed by atoms with Crippen molar-refractivity contribution in [3.05, 3.63) is 89.5 Å². The van der Waals surface area contributed by atoms with Crippen molar-refractivity contribution in [2.75, 3.05) is 0 Å². The third kappa shape index (κ3) is 2.24. The van der Waals surface area contributed by atoms with Crippen molar-refractivity contribution >= 4 is 21.7 Å². The average molecular weight is 339 g/mol. The van der Waals surface area contributed by atoms with Gasteiger partial charge in [0, 0.05) is 35.0 Å². The lowest BCUT2D eigenvalue weighted by Crippen LogP contribution is -2.01. The Balaban J connectivity index is 1.91. The molecule has 0 saturated carbocycles. The molecule has 0 N–H and O–H groups in total. The summed E-state index contributed by atoms with van der Waals surface area (Å²) in [5.41, 5.74) is 2.19. The molecule has 0 aliphatic carbocycles. The molecule has 124 valence electrons. The Morgan fingerprint density at radius 3 is 2.35 bits per heavy atom. The van der Waals surface area contributed by atoms with Crippen molar-refractivity contribution in [1.29, 1.82) is 0 Å². The van der Waals surface area contributed by atoms with Crippen LogP contribution >= 0.6 is 0 Å². The molecule has 4 heteroatoms. The highest BCUT2D eigenvalue weighted by Gasteiger charge is 2.15. The van der Waals surface area contributed by atoms with E-state index in [4.69, 9.17) is 8.83 Å². The number of aromatic nitrogens is 1. The fourth-order valence-corrected chi connectivity index (χ4v) is 3.27. The fraction of sp³-hybridized carbons (Fsp3) is 0. The van der Waals surface area contributed by atoms with Gasteiger partial charge in [-0.15, -0.1) is 0 Å². The fourth-order valence-electron chi connectivity index (χ4n) is 3.27. The summed E-state index contributed by atoms with van der Waals surface area (Å²) < 4.78 is 11.7. The molecule has 4 nitrogen and oxygen atoms in total. The van der Waals surface area contributed by atoms with Crippen LogP contribution < -0.4 is 5.43 Å². The monoisotopic (exact) mass is 339 g/mol. The van der Waals surface area contributed by atoms with E-state index in [0.29, 0.717) is 16.7 Å². The van der Waals surface area contributed by atoms with Crippen LogP contribution in [0, 0.1) is 0 Å². The summed E-state index contributed by atoms with van der Waals surface area (Å²) in [5.74, 6) is 1.25. The number of rotatable bonds is 2. The summed E-state index contributed by atoms with van der Waals surface area (Å²) in [4.78, 5) is 16.8. The topological polar surface area (TPSA) is 56.2 Å². The van der Waals surface area contributed by atoms with E-state index in [9.17, 15) is 4.79 Å². The minimum atomic E-state index is -0.0865. The second kappa shape index (κ2) is 5.70. The maximum atomic E-state index is 12.8. The highest BCUT2D eigenvalue weighted by Crippen LogP contribution is 2.35. The molecule has 0 amide bonds. The number of fused-ring (bicyclic) bond motifs is 3. The smallest absolute Gasteiger partial charge is 0.193 e. The van der Waals surface area contributed by atoms with Gasteiger partial charge in [0.15, 0.2) is 5.43 Å². The van der Waals surface area contributed by atoms with E-state index in [2.05, 4.69) is 4.98 Å². The highest BCUT2D eigenvalue weighted by atomic mass is 16.3. The standard InChI is InChI=1S/C22H13NO3/c24-19-13-21(14-7-9-23-10-8-14)26-22-16-5-2-1-4-15(16)17(12-18(19)22)20-6-3-11-25-20/h1-13H. The van der Waals surface area contributed by atoms with E-state index in [1.807, 2.05) is 54.6 Å². The van der Waals surface area contributed by atoms with Crippen molar-refractivity contribution in [2.24, 2.45) is 0 Å². The van der Waals surface area contributed by atoms with Gasteiger partial charge >= 0.3 is 0 Å². The van der Waals surface area contributed by atoms with E-state index < -0.39 is 0 Å². The first kappa shape index (κ1) is 14.7. The third-order valence-electron chi connectivity index (χ3n) is 4.49. The SMILES string of the molecule is O=c1cc(-c2ccncc2)oc2c1cc(-c1ccco1)c1ccccc12. The number of hydrogen-bond donors (Lipinski definition) is 0. The van der Waals surface area contributed by atoms with Crippen LogP contribution in [0.3, 0.4) is 0 Å². The number of furan rings is 1. The molecule has 3 heterocycles. The molecule has 3 aromatic heterocycles. The van der Waals surface area contributed by atoms with Crippen molar-refractivity contribution in [3.8, 4) is 22.6 Å². The van der Waals surface area contributed by atoms with Gasteiger partial charge in [-0.1, -0.05) is 24.3 Å². The van der Waals surface area contributed by atoms with E-state index in [-0.39, 0.29) is 5.43 Å². The number of pyridine rings is 1. The van der Waals surface area contributed by atoms with Crippen molar-refractivity contribution in [1.82, 2.24) is 4.98 Å². The van der Waals surface area contributed by atoms with Gasteiger partial charge in [-0.25, -0.2) is 0 Å².